The molecule has 0 radical (unpaired) electrons. The first-order valence-corrected chi connectivity index (χ1v) is 12.2. The molecule has 1 aliphatic rings. The molecule has 182 valence electrons. The van der Waals surface area contributed by atoms with Crippen LogP contribution in [0.2, 0.25) is 0 Å². The van der Waals surface area contributed by atoms with Crippen LogP contribution in [0.4, 0.5) is 0 Å². The fourth-order valence-electron chi connectivity index (χ4n) is 4.96. The molecule has 1 fully saturated rings. The highest BCUT2D eigenvalue weighted by Crippen LogP contribution is 2.21. The first-order valence-electron chi connectivity index (χ1n) is 12.2. The molecule has 34 heavy (non-hydrogen) atoms. The topological polar surface area (TPSA) is 82.1 Å². The minimum Gasteiger partial charge on any atom is -0.341 e. The molecule has 8 nitrogen and oxygen atoms in total. The van der Waals surface area contributed by atoms with Crippen LogP contribution in [-0.4, -0.2) is 42.6 Å². The molecule has 1 saturated heterocycles. The summed E-state index contributed by atoms with van der Waals surface area (Å²) in [5.74, 6) is 1.08. The van der Waals surface area contributed by atoms with E-state index in [1.165, 1.54) is 4.57 Å². The van der Waals surface area contributed by atoms with Gasteiger partial charge in [-0.25, -0.2) is 14.3 Å². The number of aryl methyl sites for hydroxylation is 1. The Labute approximate surface area is 199 Å². The molecule has 3 aromatic rings. The fraction of sp³-hybridized carbons (Fsp3) is 0.538. The second-order valence-electron chi connectivity index (χ2n) is 10.3. The van der Waals surface area contributed by atoms with Crippen LogP contribution in [0.15, 0.2) is 46.2 Å². The van der Waals surface area contributed by atoms with Crippen molar-refractivity contribution in [3.63, 3.8) is 0 Å². The molecule has 1 aliphatic heterocycles. The van der Waals surface area contributed by atoms with Gasteiger partial charge in [-0.15, -0.1) is 0 Å². The number of carbonyl (C=O) groups is 1. The number of hydrogen-bond acceptors (Lipinski definition) is 4. The van der Waals surface area contributed by atoms with Crippen LogP contribution in [0.5, 0.6) is 0 Å². The summed E-state index contributed by atoms with van der Waals surface area (Å²) in [6.45, 7) is 10.5. The quantitative estimate of drug-likeness (QED) is 0.537. The van der Waals surface area contributed by atoms with E-state index in [1.807, 2.05) is 34.9 Å². The van der Waals surface area contributed by atoms with Gasteiger partial charge >= 0.3 is 5.69 Å². The molecule has 1 aromatic carbocycles. The minimum atomic E-state index is -0.498. The summed E-state index contributed by atoms with van der Waals surface area (Å²) in [5, 5.41) is 0. The van der Waals surface area contributed by atoms with E-state index in [0.717, 1.165) is 23.0 Å². The standard InChI is InChI=1S/C26H35N5O3/c1-18(2)10-11-28-17-27-24-23(28)25(33)31(16-22(32)29-13-19(3)12-20(4)14-29)26(34)30(24)15-21-8-6-5-7-9-21/h5-9,17-20H,10-16H2,1-4H3. The van der Waals surface area contributed by atoms with Crippen molar-refractivity contribution in [1.82, 2.24) is 23.6 Å². The molecule has 1 amide bonds. The maximum absolute atomic E-state index is 13.5. The van der Waals surface area contributed by atoms with Crippen LogP contribution in [0.1, 0.15) is 46.1 Å². The zero-order valence-corrected chi connectivity index (χ0v) is 20.6. The fourth-order valence-corrected chi connectivity index (χ4v) is 4.96. The molecule has 0 saturated carbocycles. The normalized spacial score (nSPS) is 18.7. The summed E-state index contributed by atoms with van der Waals surface area (Å²) in [6, 6.07) is 9.62. The van der Waals surface area contributed by atoms with Crippen LogP contribution in [0.3, 0.4) is 0 Å². The molecule has 2 atom stereocenters. The zero-order chi connectivity index (χ0) is 24.4. The van der Waals surface area contributed by atoms with E-state index in [9.17, 15) is 14.4 Å². The number of fused-ring (bicyclic) bond motifs is 1. The molecule has 8 heteroatoms. The van der Waals surface area contributed by atoms with Gasteiger partial charge in [0.05, 0.1) is 12.9 Å². The Morgan fingerprint density at radius 1 is 1.06 bits per heavy atom. The molecule has 2 aromatic heterocycles. The van der Waals surface area contributed by atoms with E-state index >= 15 is 0 Å². The molecule has 0 bridgehead atoms. The van der Waals surface area contributed by atoms with Crippen LogP contribution in [-0.2, 0) is 24.4 Å². The first kappa shape index (κ1) is 24.0. The number of hydrogen-bond donors (Lipinski definition) is 0. The number of piperidine rings is 1. The Bertz CT molecular complexity index is 1260. The first-order chi connectivity index (χ1) is 16.2. The number of imidazole rings is 1. The number of carbonyl (C=O) groups excluding carboxylic acids is 1. The van der Waals surface area contributed by atoms with Gasteiger partial charge in [-0.05, 0) is 36.2 Å². The van der Waals surface area contributed by atoms with E-state index in [2.05, 4.69) is 32.7 Å². The summed E-state index contributed by atoms with van der Waals surface area (Å²) >= 11 is 0. The molecular formula is C26H35N5O3. The predicted molar refractivity (Wildman–Crippen MR) is 133 cm³/mol. The van der Waals surface area contributed by atoms with E-state index in [4.69, 9.17) is 0 Å². The summed E-state index contributed by atoms with van der Waals surface area (Å²) in [7, 11) is 0. The van der Waals surface area contributed by atoms with Gasteiger partial charge in [0.2, 0.25) is 5.91 Å². The van der Waals surface area contributed by atoms with E-state index in [-0.39, 0.29) is 19.0 Å². The highest BCUT2D eigenvalue weighted by molar-refractivity contribution is 5.77. The number of rotatable bonds is 7. The summed E-state index contributed by atoms with van der Waals surface area (Å²) in [5.41, 5.74) is 0.729. The Kier molecular flexibility index (Phi) is 7.05. The van der Waals surface area contributed by atoms with Gasteiger partial charge in [0.25, 0.3) is 5.56 Å². The van der Waals surface area contributed by atoms with Gasteiger partial charge in [-0.1, -0.05) is 58.0 Å². The second kappa shape index (κ2) is 9.99. The summed E-state index contributed by atoms with van der Waals surface area (Å²) < 4.78 is 4.45. The Hall–Kier alpha value is -3.16. The van der Waals surface area contributed by atoms with Gasteiger partial charge in [-0.2, -0.15) is 0 Å². The van der Waals surface area contributed by atoms with E-state index < -0.39 is 11.2 Å². The smallest absolute Gasteiger partial charge is 0.333 e. The Morgan fingerprint density at radius 3 is 2.38 bits per heavy atom. The maximum Gasteiger partial charge on any atom is 0.333 e. The van der Waals surface area contributed by atoms with E-state index in [0.29, 0.717) is 48.6 Å². The number of aromatic nitrogens is 4. The lowest BCUT2D eigenvalue weighted by atomic mass is 9.92. The summed E-state index contributed by atoms with van der Waals surface area (Å²) in [6.07, 6.45) is 3.59. The number of benzene rings is 1. The third-order valence-electron chi connectivity index (χ3n) is 6.63. The van der Waals surface area contributed by atoms with Crippen molar-refractivity contribution in [3.8, 4) is 0 Å². The lowest BCUT2D eigenvalue weighted by molar-refractivity contribution is -0.134. The van der Waals surface area contributed by atoms with Crippen molar-refractivity contribution in [2.75, 3.05) is 13.1 Å². The lowest BCUT2D eigenvalue weighted by Gasteiger charge is -2.35. The van der Waals surface area contributed by atoms with Crippen molar-refractivity contribution < 1.29 is 4.79 Å². The third-order valence-corrected chi connectivity index (χ3v) is 6.63. The van der Waals surface area contributed by atoms with E-state index in [1.54, 1.807) is 11.2 Å². The highest BCUT2D eigenvalue weighted by atomic mass is 16.2. The molecular weight excluding hydrogens is 430 g/mol. The van der Waals surface area contributed by atoms with Gasteiger partial charge in [0.1, 0.15) is 6.54 Å². The average molecular weight is 466 g/mol. The number of likely N-dealkylation sites (tertiary alicyclic amines) is 1. The van der Waals surface area contributed by atoms with Crippen LogP contribution in [0.25, 0.3) is 11.2 Å². The van der Waals surface area contributed by atoms with Crippen molar-refractivity contribution in [3.05, 3.63) is 63.1 Å². The lowest BCUT2D eigenvalue weighted by Crippen LogP contribution is -2.48. The van der Waals surface area contributed by atoms with Crippen molar-refractivity contribution in [2.24, 2.45) is 17.8 Å². The minimum absolute atomic E-state index is 0.184. The Morgan fingerprint density at radius 2 is 1.74 bits per heavy atom. The highest BCUT2D eigenvalue weighted by Gasteiger charge is 2.27. The zero-order valence-electron chi connectivity index (χ0n) is 20.6. The molecule has 4 rings (SSSR count). The molecule has 3 heterocycles. The number of amides is 1. The maximum atomic E-state index is 13.5. The summed E-state index contributed by atoms with van der Waals surface area (Å²) in [4.78, 5) is 46.5. The van der Waals surface area contributed by atoms with Gasteiger partial charge < -0.3 is 9.47 Å². The molecule has 2 unspecified atom stereocenters. The van der Waals surface area contributed by atoms with Crippen LogP contribution in [0, 0.1) is 17.8 Å². The molecule has 0 aliphatic carbocycles. The second-order valence-corrected chi connectivity index (χ2v) is 10.3. The van der Waals surface area contributed by atoms with Gasteiger partial charge in [0.15, 0.2) is 11.2 Å². The monoisotopic (exact) mass is 465 g/mol. The average Bonchev–Trinajstić information content (AvgIpc) is 3.22. The van der Waals surface area contributed by atoms with Crippen LogP contribution < -0.4 is 11.2 Å². The van der Waals surface area contributed by atoms with Gasteiger partial charge in [0, 0.05) is 19.6 Å². The molecule has 0 N–H and O–H groups in total. The van der Waals surface area contributed by atoms with Gasteiger partial charge in [-0.3, -0.25) is 14.2 Å². The molecule has 0 spiro atoms. The third kappa shape index (κ3) is 5.00. The Balaban J connectivity index is 1.78. The predicted octanol–water partition coefficient (Wildman–Crippen LogP) is 2.96. The van der Waals surface area contributed by atoms with Crippen molar-refractivity contribution in [1.29, 1.82) is 0 Å². The number of nitrogens with zero attached hydrogens (tertiary/aromatic N) is 5. The van der Waals surface area contributed by atoms with Crippen molar-refractivity contribution >= 4 is 17.1 Å². The van der Waals surface area contributed by atoms with Crippen LogP contribution >= 0.6 is 0 Å². The largest absolute Gasteiger partial charge is 0.341 e. The van der Waals surface area contributed by atoms with Crippen molar-refractivity contribution in [2.45, 2.75) is 60.2 Å². The SMILES string of the molecule is CC(C)CCn1cnc2c1c(=O)n(CC(=O)N1CC(C)CC(C)C1)c(=O)n2Cc1ccccc1.